The van der Waals surface area contributed by atoms with E-state index in [9.17, 15) is 4.79 Å². The highest BCUT2D eigenvalue weighted by atomic mass is 16.1. The van der Waals surface area contributed by atoms with Crippen LogP contribution in [0.25, 0.3) is 11.1 Å². The summed E-state index contributed by atoms with van der Waals surface area (Å²) in [6.07, 6.45) is 1.22. The van der Waals surface area contributed by atoms with Gasteiger partial charge in [-0.05, 0) is 54.8 Å². The molecule has 3 nitrogen and oxygen atoms in total. The Kier molecular flexibility index (Phi) is 5.94. The molecule has 2 aromatic rings. The molecular formula is C20H26N2O. The van der Waals surface area contributed by atoms with Gasteiger partial charge in [-0.25, -0.2) is 0 Å². The number of primary amides is 1. The lowest BCUT2D eigenvalue weighted by Gasteiger charge is -2.18. The molecule has 0 fully saturated rings. The SMILES string of the molecule is CC(C)CCN(C)Cc1ccc(-c2cccc(C(N)=O)c2)cc1. The molecule has 1 amide bonds. The van der Waals surface area contributed by atoms with Crippen molar-refractivity contribution in [2.75, 3.05) is 13.6 Å². The molecular weight excluding hydrogens is 284 g/mol. The molecule has 0 aliphatic heterocycles. The predicted octanol–water partition coefficient (Wildman–Crippen LogP) is 3.93. The van der Waals surface area contributed by atoms with Crippen molar-refractivity contribution in [3.8, 4) is 11.1 Å². The van der Waals surface area contributed by atoms with Crippen LogP contribution >= 0.6 is 0 Å². The molecule has 23 heavy (non-hydrogen) atoms. The van der Waals surface area contributed by atoms with Gasteiger partial charge in [0.2, 0.25) is 5.91 Å². The van der Waals surface area contributed by atoms with Crippen LogP contribution in [0.5, 0.6) is 0 Å². The molecule has 0 unspecified atom stereocenters. The van der Waals surface area contributed by atoms with E-state index in [4.69, 9.17) is 5.73 Å². The zero-order chi connectivity index (χ0) is 16.8. The summed E-state index contributed by atoms with van der Waals surface area (Å²) >= 11 is 0. The van der Waals surface area contributed by atoms with Crippen molar-refractivity contribution in [1.29, 1.82) is 0 Å². The van der Waals surface area contributed by atoms with Crippen molar-refractivity contribution < 1.29 is 4.79 Å². The van der Waals surface area contributed by atoms with Gasteiger partial charge < -0.3 is 10.6 Å². The first-order valence-electron chi connectivity index (χ1n) is 8.13. The normalized spacial score (nSPS) is 11.2. The van der Waals surface area contributed by atoms with Crippen LogP contribution in [0.15, 0.2) is 48.5 Å². The molecule has 122 valence electrons. The highest BCUT2D eigenvalue weighted by Crippen LogP contribution is 2.21. The first-order chi connectivity index (χ1) is 11.0. The highest BCUT2D eigenvalue weighted by molar-refractivity contribution is 5.94. The minimum atomic E-state index is -0.393. The summed E-state index contributed by atoms with van der Waals surface area (Å²) in [6, 6.07) is 15.9. The Balaban J connectivity index is 2.04. The van der Waals surface area contributed by atoms with E-state index in [1.807, 2.05) is 18.2 Å². The smallest absolute Gasteiger partial charge is 0.248 e. The van der Waals surface area contributed by atoms with Gasteiger partial charge in [0.1, 0.15) is 0 Å². The average Bonchev–Trinajstić information content (AvgIpc) is 2.54. The van der Waals surface area contributed by atoms with E-state index >= 15 is 0 Å². The highest BCUT2D eigenvalue weighted by Gasteiger charge is 2.05. The molecule has 0 radical (unpaired) electrons. The average molecular weight is 310 g/mol. The maximum absolute atomic E-state index is 11.3. The van der Waals surface area contributed by atoms with Crippen LogP contribution in [0.3, 0.4) is 0 Å². The third kappa shape index (κ3) is 5.22. The molecule has 2 rings (SSSR count). The Hall–Kier alpha value is -2.13. The predicted molar refractivity (Wildman–Crippen MR) is 96.2 cm³/mol. The summed E-state index contributed by atoms with van der Waals surface area (Å²) in [4.78, 5) is 13.6. The third-order valence-electron chi connectivity index (χ3n) is 3.98. The molecule has 0 saturated carbocycles. The van der Waals surface area contributed by atoms with Gasteiger partial charge in [-0.2, -0.15) is 0 Å². The number of amides is 1. The van der Waals surface area contributed by atoms with E-state index in [0.717, 1.165) is 30.1 Å². The van der Waals surface area contributed by atoms with E-state index in [-0.39, 0.29) is 0 Å². The zero-order valence-corrected chi connectivity index (χ0v) is 14.3. The lowest BCUT2D eigenvalue weighted by atomic mass is 10.0. The van der Waals surface area contributed by atoms with E-state index in [1.165, 1.54) is 12.0 Å². The van der Waals surface area contributed by atoms with Crippen molar-refractivity contribution in [3.63, 3.8) is 0 Å². The second-order valence-corrected chi connectivity index (χ2v) is 6.56. The Bertz CT molecular complexity index is 647. The summed E-state index contributed by atoms with van der Waals surface area (Å²) in [5, 5.41) is 0. The Morgan fingerprint density at radius 1 is 1.09 bits per heavy atom. The van der Waals surface area contributed by atoms with Gasteiger partial charge in [0.05, 0.1) is 0 Å². The van der Waals surface area contributed by atoms with Crippen LogP contribution in [0.4, 0.5) is 0 Å². The number of hydrogen-bond acceptors (Lipinski definition) is 2. The standard InChI is InChI=1S/C20H26N2O/c1-15(2)11-12-22(3)14-16-7-9-17(10-8-16)18-5-4-6-19(13-18)20(21)23/h4-10,13,15H,11-12,14H2,1-3H3,(H2,21,23). The van der Waals surface area contributed by atoms with E-state index in [0.29, 0.717) is 5.56 Å². The van der Waals surface area contributed by atoms with Gasteiger partial charge in [-0.1, -0.05) is 50.2 Å². The first-order valence-corrected chi connectivity index (χ1v) is 8.13. The number of carbonyl (C=O) groups excluding carboxylic acids is 1. The van der Waals surface area contributed by atoms with E-state index in [1.54, 1.807) is 6.07 Å². The van der Waals surface area contributed by atoms with Crippen molar-refractivity contribution >= 4 is 5.91 Å². The minimum absolute atomic E-state index is 0.393. The number of hydrogen-bond donors (Lipinski definition) is 1. The van der Waals surface area contributed by atoms with Crippen molar-refractivity contribution in [2.45, 2.75) is 26.8 Å². The first kappa shape index (κ1) is 17.2. The molecule has 0 aliphatic carbocycles. The van der Waals surface area contributed by atoms with Crippen LogP contribution in [0.2, 0.25) is 0 Å². The van der Waals surface area contributed by atoms with Crippen LogP contribution in [0, 0.1) is 5.92 Å². The quantitative estimate of drug-likeness (QED) is 0.842. The monoisotopic (exact) mass is 310 g/mol. The molecule has 2 aromatic carbocycles. The zero-order valence-electron chi connectivity index (χ0n) is 14.3. The molecule has 2 N–H and O–H groups in total. The van der Waals surface area contributed by atoms with Gasteiger partial charge in [0.25, 0.3) is 0 Å². The Morgan fingerprint density at radius 2 is 1.78 bits per heavy atom. The molecule has 0 aliphatic rings. The Labute approximate surface area is 139 Å². The molecule has 0 spiro atoms. The number of carbonyl (C=O) groups is 1. The fourth-order valence-electron chi connectivity index (χ4n) is 2.52. The fourth-order valence-corrected chi connectivity index (χ4v) is 2.52. The fraction of sp³-hybridized carbons (Fsp3) is 0.350. The third-order valence-corrected chi connectivity index (χ3v) is 3.98. The second-order valence-electron chi connectivity index (χ2n) is 6.56. The molecule has 0 bridgehead atoms. The molecule has 3 heteroatoms. The number of nitrogens with zero attached hydrogens (tertiary/aromatic N) is 1. The van der Waals surface area contributed by atoms with Gasteiger partial charge in [-0.15, -0.1) is 0 Å². The lowest BCUT2D eigenvalue weighted by Crippen LogP contribution is -2.20. The lowest BCUT2D eigenvalue weighted by molar-refractivity contribution is 0.100. The molecule has 0 saturated heterocycles. The van der Waals surface area contributed by atoms with Crippen LogP contribution < -0.4 is 5.73 Å². The topological polar surface area (TPSA) is 46.3 Å². The molecule has 0 aromatic heterocycles. The minimum Gasteiger partial charge on any atom is -0.366 e. The summed E-state index contributed by atoms with van der Waals surface area (Å²) in [6.45, 7) is 6.57. The second kappa shape index (κ2) is 7.93. The van der Waals surface area contributed by atoms with Crippen molar-refractivity contribution in [3.05, 3.63) is 59.7 Å². The van der Waals surface area contributed by atoms with E-state index in [2.05, 4.69) is 50.1 Å². The van der Waals surface area contributed by atoms with Crippen molar-refractivity contribution in [2.24, 2.45) is 11.7 Å². The maximum atomic E-state index is 11.3. The van der Waals surface area contributed by atoms with Gasteiger partial charge in [-0.3, -0.25) is 4.79 Å². The maximum Gasteiger partial charge on any atom is 0.248 e. The van der Waals surface area contributed by atoms with Gasteiger partial charge in [0, 0.05) is 12.1 Å². The summed E-state index contributed by atoms with van der Waals surface area (Å²) in [5.41, 5.74) is 9.30. The number of benzene rings is 2. The molecule has 0 atom stereocenters. The van der Waals surface area contributed by atoms with Crippen LogP contribution in [-0.2, 0) is 6.54 Å². The van der Waals surface area contributed by atoms with Crippen LogP contribution in [0.1, 0.15) is 36.2 Å². The Morgan fingerprint density at radius 3 is 2.39 bits per heavy atom. The van der Waals surface area contributed by atoms with E-state index < -0.39 is 5.91 Å². The summed E-state index contributed by atoms with van der Waals surface area (Å²) in [7, 11) is 2.16. The summed E-state index contributed by atoms with van der Waals surface area (Å²) in [5.74, 6) is 0.340. The van der Waals surface area contributed by atoms with Gasteiger partial charge >= 0.3 is 0 Å². The molecule has 0 heterocycles. The van der Waals surface area contributed by atoms with Crippen molar-refractivity contribution in [1.82, 2.24) is 4.90 Å². The summed E-state index contributed by atoms with van der Waals surface area (Å²) < 4.78 is 0. The largest absolute Gasteiger partial charge is 0.366 e. The van der Waals surface area contributed by atoms with Gasteiger partial charge in [0.15, 0.2) is 0 Å². The number of nitrogens with two attached hydrogens (primary N) is 1. The van der Waals surface area contributed by atoms with Crippen LogP contribution in [-0.4, -0.2) is 24.4 Å². The number of rotatable bonds is 7.